The second kappa shape index (κ2) is 8.98. The lowest BCUT2D eigenvalue weighted by atomic mass is 9.78. The Morgan fingerprint density at radius 2 is 1.62 bits per heavy atom. The van der Waals surface area contributed by atoms with Crippen LogP contribution in [-0.4, -0.2) is 28.7 Å². The van der Waals surface area contributed by atoms with Crippen LogP contribution in [0.25, 0.3) is 0 Å². The highest BCUT2D eigenvalue weighted by atomic mass is 35.5. The molecule has 170 valence electrons. The van der Waals surface area contributed by atoms with Crippen molar-refractivity contribution in [2.75, 3.05) is 0 Å². The molecule has 0 aromatic heterocycles. The third-order valence-corrected chi connectivity index (χ3v) is 5.32. The van der Waals surface area contributed by atoms with Gasteiger partial charge in [-0.15, -0.1) is 0 Å². The molecular weight excluding hydrogens is 443 g/mol. The van der Waals surface area contributed by atoms with Crippen molar-refractivity contribution in [3.05, 3.63) is 82.5 Å². The standard InChI is InChI=1S/C24H23ClF3NO3/c1-23(2,3)32-22(31)29-20(24(26,27)28)14-17(16-11-7-8-12-19(16)25)18(21(29)30)13-15-9-5-4-6-10-15/h4-12,14,17-18H,13H2,1-3H3/t17-,18+/m1/s1. The van der Waals surface area contributed by atoms with Crippen molar-refractivity contribution in [1.82, 2.24) is 4.90 Å². The fourth-order valence-corrected chi connectivity index (χ4v) is 3.91. The van der Waals surface area contributed by atoms with Gasteiger partial charge in [0.25, 0.3) is 0 Å². The van der Waals surface area contributed by atoms with Gasteiger partial charge >= 0.3 is 12.3 Å². The smallest absolute Gasteiger partial charge is 0.431 e. The molecular formula is C24H23ClF3NO3. The van der Waals surface area contributed by atoms with Crippen LogP contribution in [0.2, 0.25) is 5.02 Å². The number of amides is 2. The van der Waals surface area contributed by atoms with Crippen LogP contribution in [0, 0.1) is 5.92 Å². The second-order valence-electron chi connectivity index (χ2n) is 8.55. The number of alkyl halides is 3. The molecule has 1 aliphatic heterocycles. The normalized spacial score (nSPS) is 19.5. The first-order valence-corrected chi connectivity index (χ1v) is 10.4. The van der Waals surface area contributed by atoms with Gasteiger partial charge < -0.3 is 4.74 Å². The summed E-state index contributed by atoms with van der Waals surface area (Å²) in [7, 11) is 0. The Labute approximate surface area is 189 Å². The zero-order valence-corrected chi connectivity index (χ0v) is 18.6. The maximum atomic E-state index is 14.0. The number of hydrogen-bond acceptors (Lipinski definition) is 3. The molecule has 2 amide bonds. The molecule has 0 N–H and O–H groups in total. The molecule has 0 saturated heterocycles. The van der Waals surface area contributed by atoms with Gasteiger partial charge in [-0.05, 0) is 50.5 Å². The fourth-order valence-electron chi connectivity index (χ4n) is 3.65. The van der Waals surface area contributed by atoms with E-state index in [2.05, 4.69) is 0 Å². The number of carbonyl (C=O) groups excluding carboxylic acids is 2. The maximum absolute atomic E-state index is 14.0. The number of nitrogens with zero attached hydrogens (tertiary/aromatic N) is 1. The van der Waals surface area contributed by atoms with Crippen molar-refractivity contribution >= 4 is 23.6 Å². The third kappa shape index (κ3) is 5.33. The van der Waals surface area contributed by atoms with Crippen LogP contribution in [0.4, 0.5) is 18.0 Å². The Hall–Kier alpha value is -2.80. The SMILES string of the molecule is CC(C)(C)OC(=O)N1C(=O)[C@@H](Cc2ccccc2)[C@@H](c2ccccc2Cl)C=C1C(F)(F)F. The van der Waals surface area contributed by atoms with Crippen LogP contribution in [0.1, 0.15) is 37.8 Å². The molecule has 2 atom stereocenters. The van der Waals surface area contributed by atoms with E-state index in [-0.39, 0.29) is 16.3 Å². The summed E-state index contributed by atoms with van der Waals surface area (Å²) in [6.45, 7) is 4.55. The fraction of sp³-hybridized carbons (Fsp3) is 0.333. The first-order valence-electron chi connectivity index (χ1n) is 10.0. The highest BCUT2D eigenvalue weighted by Gasteiger charge is 2.51. The maximum Gasteiger partial charge on any atom is 0.431 e. The number of benzene rings is 2. The molecule has 0 fully saturated rings. The summed E-state index contributed by atoms with van der Waals surface area (Å²) < 4.78 is 47.1. The minimum Gasteiger partial charge on any atom is -0.443 e. The van der Waals surface area contributed by atoms with E-state index in [1.54, 1.807) is 54.6 Å². The summed E-state index contributed by atoms with van der Waals surface area (Å²) in [5.74, 6) is -2.95. The van der Waals surface area contributed by atoms with E-state index in [1.807, 2.05) is 0 Å². The lowest BCUT2D eigenvalue weighted by Gasteiger charge is -2.37. The first kappa shape index (κ1) is 23.9. The van der Waals surface area contributed by atoms with Crippen molar-refractivity contribution in [3.8, 4) is 0 Å². The molecule has 8 heteroatoms. The van der Waals surface area contributed by atoms with Crippen LogP contribution in [-0.2, 0) is 16.0 Å². The molecule has 32 heavy (non-hydrogen) atoms. The quantitative estimate of drug-likeness (QED) is 0.519. The summed E-state index contributed by atoms with van der Waals surface area (Å²) in [5, 5.41) is 0.242. The minimum absolute atomic E-state index is 0.117. The largest absolute Gasteiger partial charge is 0.443 e. The number of rotatable bonds is 3. The zero-order chi connectivity index (χ0) is 23.7. The number of carbonyl (C=O) groups is 2. The second-order valence-corrected chi connectivity index (χ2v) is 8.95. The Morgan fingerprint density at radius 3 is 2.19 bits per heavy atom. The van der Waals surface area contributed by atoms with Gasteiger partial charge in [0, 0.05) is 10.9 Å². The highest BCUT2D eigenvalue weighted by molar-refractivity contribution is 6.31. The molecule has 2 aromatic carbocycles. The number of allylic oxidation sites excluding steroid dienone is 2. The predicted octanol–water partition coefficient (Wildman–Crippen LogP) is 6.51. The van der Waals surface area contributed by atoms with Crippen molar-refractivity contribution in [1.29, 1.82) is 0 Å². The third-order valence-electron chi connectivity index (χ3n) is 4.98. The van der Waals surface area contributed by atoms with Gasteiger partial charge in [0.2, 0.25) is 5.91 Å². The number of hydrogen-bond donors (Lipinski definition) is 0. The summed E-state index contributed by atoms with van der Waals surface area (Å²) in [5.41, 5.74) is -1.32. The summed E-state index contributed by atoms with van der Waals surface area (Å²) in [6.07, 6.45) is -5.29. The highest BCUT2D eigenvalue weighted by Crippen LogP contribution is 2.43. The Bertz CT molecular complexity index is 1030. The van der Waals surface area contributed by atoms with Crippen LogP contribution in [0.3, 0.4) is 0 Å². The molecule has 0 radical (unpaired) electrons. The van der Waals surface area contributed by atoms with Gasteiger partial charge in [-0.3, -0.25) is 4.79 Å². The summed E-state index contributed by atoms with van der Waals surface area (Å²) >= 11 is 6.29. The van der Waals surface area contributed by atoms with E-state index >= 15 is 0 Å². The summed E-state index contributed by atoms with van der Waals surface area (Å²) in [6, 6.07) is 15.3. The van der Waals surface area contributed by atoms with Crippen molar-refractivity contribution in [3.63, 3.8) is 0 Å². The van der Waals surface area contributed by atoms with Gasteiger partial charge in [-0.2, -0.15) is 13.2 Å². The molecule has 0 saturated carbocycles. The van der Waals surface area contributed by atoms with Crippen LogP contribution < -0.4 is 0 Å². The first-order chi connectivity index (χ1) is 14.9. The molecule has 3 rings (SSSR count). The van der Waals surface area contributed by atoms with E-state index in [1.165, 1.54) is 20.8 Å². The lowest BCUT2D eigenvalue weighted by Crippen LogP contribution is -2.50. The molecule has 0 unspecified atom stereocenters. The molecule has 4 nitrogen and oxygen atoms in total. The van der Waals surface area contributed by atoms with Gasteiger partial charge in [-0.1, -0.05) is 60.1 Å². The number of imide groups is 1. The number of ether oxygens (including phenoxy) is 1. The van der Waals surface area contributed by atoms with Gasteiger partial charge in [0.05, 0.1) is 5.92 Å². The van der Waals surface area contributed by atoms with Crippen LogP contribution in [0.15, 0.2) is 66.4 Å². The predicted molar refractivity (Wildman–Crippen MR) is 115 cm³/mol. The Morgan fingerprint density at radius 1 is 1.03 bits per heavy atom. The van der Waals surface area contributed by atoms with Crippen molar-refractivity contribution in [2.45, 2.75) is 44.9 Å². The van der Waals surface area contributed by atoms with Crippen LogP contribution >= 0.6 is 11.6 Å². The van der Waals surface area contributed by atoms with E-state index in [0.717, 1.165) is 11.6 Å². The minimum atomic E-state index is -4.95. The Kier molecular flexibility index (Phi) is 6.69. The molecule has 0 bridgehead atoms. The molecule has 2 aromatic rings. The molecule has 0 aliphatic carbocycles. The van der Waals surface area contributed by atoms with Gasteiger partial charge in [0.1, 0.15) is 11.3 Å². The van der Waals surface area contributed by atoms with E-state index in [9.17, 15) is 22.8 Å². The Balaban J connectivity index is 2.16. The van der Waals surface area contributed by atoms with Crippen molar-refractivity contribution in [2.24, 2.45) is 5.92 Å². The topological polar surface area (TPSA) is 46.6 Å². The van der Waals surface area contributed by atoms with Crippen LogP contribution in [0.5, 0.6) is 0 Å². The molecule has 0 spiro atoms. The molecule has 1 aliphatic rings. The van der Waals surface area contributed by atoms with E-state index in [0.29, 0.717) is 5.56 Å². The molecule has 1 heterocycles. The zero-order valence-electron chi connectivity index (χ0n) is 17.8. The van der Waals surface area contributed by atoms with Crippen molar-refractivity contribution < 1.29 is 27.5 Å². The monoisotopic (exact) mass is 465 g/mol. The van der Waals surface area contributed by atoms with Gasteiger partial charge in [0.15, 0.2) is 0 Å². The number of halogens is 4. The van der Waals surface area contributed by atoms with E-state index in [4.69, 9.17) is 16.3 Å². The lowest BCUT2D eigenvalue weighted by molar-refractivity contribution is -0.147. The van der Waals surface area contributed by atoms with E-state index < -0.39 is 41.3 Å². The average molecular weight is 466 g/mol. The van der Waals surface area contributed by atoms with Gasteiger partial charge in [-0.25, -0.2) is 9.69 Å². The average Bonchev–Trinajstić information content (AvgIpc) is 2.68. The summed E-state index contributed by atoms with van der Waals surface area (Å²) in [4.78, 5) is 26.3.